The predicted molar refractivity (Wildman–Crippen MR) is 200 cm³/mol. The normalized spacial score (nSPS) is 12.2. The Labute approximate surface area is 305 Å². The first kappa shape index (κ1) is 39.3. The Hall–Kier alpha value is -5.51. The summed E-state index contributed by atoms with van der Waals surface area (Å²) in [6, 6.07) is 16.4. The predicted octanol–water partition coefficient (Wildman–Crippen LogP) is 8.72. The Morgan fingerprint density at radius 3 is 1.85 bits per heavy atom. The van der Waals surface area contributed by atoms with Crippen LogP contribution in [0, 0.1) is 0 Å². The molecule has 0 radical (unpaired) electrons. The Balaban J connectivity index is 1.48. The number of phenolic OH excluding ortho intramolecular Hbond substituents is 5. The second-order valence-corrected chi connectivity index (χ2v) is 12.9. The van der Waals surface area contributed by atoms with Crippen molar-refractivity contribution < 1.29 is 49.3 Å². The molecule has 0 spiro atoms. The molecule has 0 heterocycles. The highest BCUT2D eigenvalue weighted by atomic mass is 16.5. The summed E-state index contributed by atoms with van der Waals surface area (Å²) in [6.45, 7) is 5.63. The van der Waals surface area contributed by atoms with Gasteiger partial charge in [0.15, 0.2) is 40.3 Å². The minimum absolute atomic E-state index is 0.0541. The molecule has 0 saturated heterocycles. The molecule has 0 unspecified atom stereocenters. The summed E-state index contributed by atoms with van der Waals surface area (Å²) in [5.41, 5.74) is 2.89. The summed E-state index contributed by atoms with van der Waals surface area (Å²) in [6.07, 6.45) is 8.00. The largest absolute Gasteiger partial charge is 0.507 e. The summed E-state index contributed by atoms with van der Waals surface area (Å²) < 4.78 is 23.2. The number of unbranched alkanes of at least 4 members (excludes halogenated alkanes) is 5. The fourth-order valence-corrected chi connectivity index (χ4v) is 6.48. The van der Waals surface area contributed by atoms with Crippen LogP contribution in [0.4, 0.5) is 0 Å². The second-order valence-electron chi connectivity index (χ2n) is 12.9. The average molecular weight is 715 g/mol. The number of hydrogen-bond donors (Lipinski definition) is 5. The maximum Gasteiger partial charge on any atom is 0.203 e. The van der Waals surface area contributed by atoms with Crippen LogP contribution in [-0.2, 0) is 12.8 Å². The molecule has 4 aromatic carbocycles. The number of carbonyl (C=O) groups excluding carboxylic acids is 1. The Bertz CT molecular complexity index is 1780. The van der Waals surface area contributed by atoms with E-state index in [1.807, 2.05) is 19.1 Å². The summed E-state index contributed by atoms with van der Waals surface area (Å²) in [4.78, 5) is 13.2. The SMILES string of the molecule is C=CCc1cc(OC)c(O[C@@H](C)[C@H](c2cc(O)c(C(=O)CCCCCCCCc3ccc(O)c(O)c3)c(O)c2)c2ccc(O)c(OC)c2)c(OC)c1. The van der Waals surface area contributed by atoms with Crippen molar-refractivity contribution >= 4 is 5.78 Å². The summed E-state index contributed by atoms with van der Waals surface area (Å²) >= 11 is 0. The van der Waals surface area contributed by atoms with Gasteiger partial charge in [-0.15, -0.1) is 6.58 Å². The van der Waals surface area contributed by atoms with Gasteiger partial charge >= 0.3 is 0 Å². The van der Waals surface area contributed by atoms with E-state index in [0.29, 0.717) is 41.2 Å². The number of ether oxygens (including phenoxy) is 4. The number of hydrogen-bond acceptors (Lipinski definition) is 10. The van der Waals surface area contributed by atoms with Crippen molar-refractivity contribution in [1.82, 2.24) is 0 Å². The smallest absolute Gasteiger partial charge is 0.203 e. The molecule has 0 aliphatic rings. The molecule has 52 heavy (non-hydrogen) atoms. The lowest BCUT2D eigenvalue weighted by atomic mass is 9.85. The average Bonchev–Trinajstić information content (AvgIpc) is 3.11. The minimum Gasteiger partial charge on any atom is -0.507 e. The molecular formula is C42H50O10. The first-order valence-corrected chi connectivity index (χ1v) is 17.5. The summed E-state index contributed by atoms with van der Waals surface area (Å²) in [7, 11) is 4.51. The molecule has 278 valence electrons. The number of methoxy groups -OCH3 is 3. The zero-order chi connectivity index (χ0) is 37.8. The van der Waals surface area contributed by atoms with Crippen LogP contribution in [0.5, 0.6) is 51.7 Å². The van der Waals surface area contributed by atoms with Crippen molar-refractivity contribution in [3.8, 4) is 51.7 Å². The number of carbonyl (C=O) groups is 1. The van der Waals surface area contributed by atoms with Crippen LogP contribution in [0.2, 0.25) is 0 Å². The maximum absolute atomic E-state index is 13.2. The second kappa shape index (κ2) is 18.6. The molecule has 2 atom stereocenters. The van der Waals surface area contributed by atoms with Crippen LogP contribution in [0.3, 0.4) is 0 Å². The van der Waals surface area contributed by atoms with Gasteiger partial charge in [0.05, 0.1) is 21.3 Å². The molecule has 4 aromatic rings. The van der Waals surface area contributed by atoms with Crippen molar-refractivity contribution in [2.45, 2.75) is 76.7 Å². The highest BCUT2D eigenvalue weighted by Gasteiger charge is 2.29. The highest BCUT2D eigenvalue weighted by molar-refractivity contribution is 6.01. The van der Waals surface area contributed by atoms with Crippen LogP contribution >= 0.6 is 0 Å². The van der Waals surface area contributed by atoms with Crippen LogP contribution in [-0.4, -0.2) is 58.7 Å². The molecule has 4 rings (SSSR count). The van der Waals surface area contributed by atoms with Crippen LogP contribution in [0.15, 0.2) is 73.3 Å². The maximum atomic E-state index is 13.2. The lowest BCUT2D eigenvalue weighted by Crippen LogP contribution is -2.24. The van der Waals surface area contributed by atoms with Gasteiger partial charge in [0.25, 0.3) is 0 Å². The van der Waals surface area contributed by atoms with Crippen LogP contribution in [0.25, 0.3) is 0 Å². The Kier molecular flexibility index (Phi) is 14.1. The van der Waals surface area contributed by atoms with Gasteiger partial charge < -0.3 is 44.5 Å². The third-order valence-electron chi connectivity index (χ3n) is 9.15. The van der Waals surface area contributed by atoms with E-state index >= 15 is 0 Å². The van der Waals surface area contributed by atoms with Crippen molar-refractivity contribution in [3.05, 3.63) is 101 Å². The molecule has 10 nitrogen and oxygen atoms in total. The Morgan fingerprint density at radius 1 is 0.654 bits per heavy atom. The highest BCUT2D eigenvalue weighted by Crippen LogP contribution is 2.44. The van der Waals surface area contributed by atoms with Crippen molar-refractivity contribution in [1.29, 1.82) is 0 Å². The van der Waals surface area contributed by atoms with Gasteiger partial charge in [0.1, 0.15) is 23.2 Å². The lowest BCUT2D eigenvalue weighted by molar-refractivity contribution is 0.0973. The number of phenols is 5. The molecule has 10 heteroatoms. The van der Waals surface area contributed by atoms with Gasteiger partial charge in [0.2, 0.25) is 5.75 Å². The molecular weight excluding hydrogens is 664 g/mol. The molecule has 0 aliphatic heterocycles. The number of benzene rings is 4. The standard InChI is InChI=1S/C42H50O10/c1-6-13-28-21-38(50-4)42(39(22-28)51-5)52-26(2)40(29-17-19-32(44)37(25-29)49-3)30-23-35(47)41(36(48)24-30)33(45)15-12-10-8-7-9-11-14-27-16-18-31(43)34(46)20-27/h6,16-26,40,43-44,46-48H,1,7-15H2,2-5H3/t26-,40-/m0/s1. The molecule has 0 fully saturated rings. The van der Waals surface area contributed by atoms with Crippen LogP contribution in [0.1, 0.15) is 90.4 Å². The zero-order valence-corrected chi connectivity index (χ0v) is 30.4. The third-order valence-corrected chi connectivity index (χ3v) is 9.15. The number of aromatic hydroxyl groups is 5. The first-order chi connectivity index (χ1) is 25.0. The van der Waals surface area contributed by atoms with Gasteiger partial charge in [-0.25, -0.2) is 0 Å². The molecule has 0 aromatic heterocycles. The van der Waals surface area contributed by atoms with Crippen molar-refractivity contribution in [2.75, 3.05) is 21.3 Å². The van der Waals surface area contributed by atoms with E-state index < -0.39 is 12.0 Å². The van der Waals surface area contributed by atoms with Gasteiger partial charge in [-0.3, -0.25) is 4.79 Å². The van der Waals surface area contributed by atoms with E-state index in [0.717, 1.165) is 49.7 Å². The van der Waals surface area contributed by atoms with E-state index in [1.165, 1.54) is 45.6 Å². The number of Topliss-reactive ketones (excluding diaryl/α,β-unsaturated/α-hetero) is 1. The van der Waals surface area contributed by atoms with E-state index in [4.69, 9.17) is 18.9 Å². The van der Waals surface area contributed by atoms with Gasteiger partial charge in [-0.2, -0.15) is 0 Å². The topological polar surface area (TPSA) is 155 Å². The fraction of sp³-hybridized carbons (Fsp3) is 0.357. The molecule has 0 aliphatic carbocycles. The number of aryl methyl sites for hydroxylation is 1. The molecule has 0 bridgehead atoms. The van der Waals surface area contributed by atoms with E-state index in [1.54, 1.807) is 30.3 Å². The number of allylic oxidation sites excluding steroid dienone is 1. The van der Waals surface area contributed by atoms with E-state index in [-0.39, 0.29) is 52.3 Å². The Morgan fingerprint density at radius 2 is 1.25 bits per heavy atom. The summed E-state index contributed by atoms with van der Waals surface area (Å²) in [5, 5.41) is 51.8. The van der Waals surface area contributed by atoms with E-state index in [9.17, 15) is 30.3 Å². The number of ketones is 1. The molecule has 0 amide bonds. The van der Waals surface area contributed by atoms with Gasteiger partial charge in [-0.1, -0.05) is 43.9 Å². The van der Waals surface area contributed by atoms with Gasteiger partial charge in [-0.05, 0) is 103 Å². The van der Waals surface area contributed by atoms with E-state index in [2.05, 4.69) is 6.58 Å². The minimum atomic E-state index is -0.657. The van der Waals surface area contributed by atoms with Crippen molar-refractivity contribution in [3.63, 3.8) is 0 Å². The molecule has 0 saturated carbocycles. The zero-order valence-electron chi connectivity index (χ0n) is 30.4. The molecule has 5 N–H and O–H groups in total. The van der Waals surface area contributed by atoms with Gasteiger partial charge in [0, 0.05) is 12.3 Å². The van der Waals surface area contributed by atoms with Crippen molar-refractivity contribution in [2.24, 2.45) is 0 Å². The third kappa shape index (κ3) is 9.84. The quantitative estimate of drug-likeness (QED) is 0.0260. The fourth-order valence-electron chi connectivity index (χ4n) is 6.48. The monoisotopic (exact) mass is 714 g/mol. The number of rotatable bonds is 20. The van der Waals surface area contributed by atoms with Crippen LogP contribution < -0.4 is 18.9 Å². The lowest BCUT2D eigenvalue weighted by Gasteiger charge is -2.28. The first-order valence-electron chi connectivity index (χ1n) is 17.5. The summed E-state index contributed by atoms with van der Waals surface area (Å²) in [5.74, 6) is -0.458.